The second kappa shape index (κ2) is 5.24. The number of hydrogen-bond acceptors (Lipinski definition) is 3. The maximum Gasteiger partial charge on any atom is 0.315 e. The Morgan fingerprint density at radius 3 is 2.50 bits per heavy atom. The highest BCUT2D eigenvalue weighted by Gasteiger charge is 2.69. The zero-order valence-electron chi connectivity index (χ0n) is 12.6. The Bertz CT molecular complexity index is 653. The fraction of sp³-hybridized carbons (Fsp3) is 0.529. The number of esters is 1. The van der Waals surface area contributed by atoms with E-state index in [0.29, 0.717) is 12.0 Å². The molecule has 2 unspecified atom stereocenters. The highest BCUT2D eigenvalue weighted by atomic mass is 35.5. The van der Waals surface area contributed by atoms with E-state index in [2.05, 4.69) is 0 Å². The molecule has 3 rings (SSSR count). The van der Waals surface area contributed by atoms with E-state index in [9.17, 15) is 9.59 Å². The lowest BCUT2D eigenvalue weighted by atomic mass is 10.0. The Hall–Kier alpha value is -1.06. The predicted molar refractivity (Wildman–Crippen MR) is 85.5 cm³/mol. The van der Waals surface area contributed by atoms with Gasteiger partial charge in [-0.25, -0.2) is 0 Å². The van der Waals surface area contributed by atoms with Crippen molar-refractivity contribution in [3.8, 4) is 0 Å². The lowest BCUT2D eigenvalue weighted by Gasteiger charge is -2.17. The number of rotatable bonds is 4. The molecule has 0 bridgehead atoms. The summed E-state index contributed by atoms with van der Waals surface area (Å²) >= 11 is 11.9. The molecule has 0 radical (unpaired) electrons. The summed E-state index contributed by atoms with van der Waals surface area (Å²) in [6.07, 6.45) is 2.71. The van der Waals surface area contributed by atoms with Crippen LogP contribution in [0.4, 0.5) is 0 Å². The second-order valence-corrected chi connectivity index (χ2v) is 7.95. The van der Waals surface area contributed by atoms with Crippen LogP contribution in [0.2, 0.25) is 0 Å². The van der Waals surface area contributed by atoms with Crippen LogP contribution in [0.1, 0.15) is 48.2 Å². The van der Waals surface area contributed by atoms with Gasteiger partial charge in [-0.1, -0.05) is 12.1 Å². The van der Waals surface area contributed by atoms with E-state index in [4.69, 9.17) is 27.9 Å². The fourth-order valence-electron chi connectivity index (χ4n) is 2.93. The highest BCUT2D eigenvalue weighted by molar-refractivity contribution is 6.53. The zero-order chi connectivity index (χ0) is 16.1. The fourth-order valence-corrected chi connectivity index (χ4v) is 3.61. The molecule has 2 aliphatic carbocycles. The minimum Gasteiger partial charge on any atom is -0.454 e. The van der Waals surface area contributed by atoms with E-state index in [1.807, 2.05) is 18.2 Å². The van der Waals surface area contributed by atoms with E-state index in [0.717, 1.165) is 19.3 Å². The number of carbonyl (C=O) groups is 2. The number of Topliss-reactive ketones (excluding diaryl/α,β-unsaturated/α-hetero) is 1. The molecule has 0 amide bonds. The molecule has 118 valence electrons. The van der Waals surface area contributed by atoms with Gasteiger partial charge in [-0.05, 0) is 50.3 Å². The quantitative estimate of drug-likeness (QED) is 0.474. The number of halogens is 2. The van der Waals surface area contributed by atoms with Crippen molar-refractivity contribution in [2.45, 2.75) is 50.0 Å². The third-order valence-corrected chi connectivity index (χ3v) is 5.85. The molecule has 1 saturated carbocycles. The van der Waals surface area contributed by atoms with Gasteiger partial charge in [-0.2, -0.15) is 0 Å². The van der Waals surface area contributed by atoms with Crippen LogP contribution in [0.3, 0.4) is 0 Å². The number of hydrogen-bond donors (Lipinski definition) is 0. The number of ketones is 1. The smallest absolute Gasteiger partial charge is 0.315 e. The molecule has 3 nitrogen and oxygen atoms in total. The van der Waals surface area contributed by atoms with Crippen molar-refractivity contribution in [1.29, 1.82) is 0 Å². The van der Waals surface area contributed by atoms with E-state index in [1.54, 1.807) is 13.8 Å². The molecule has 22 heavy (non-hydrogen) atoms. The number of aryl methyl sites for hydroxylation is 2. The Morgan fingerprint density at radius 2 is 1.86 bits per heavy atom. The molecule has 0 saturated heterocycles. The molecule has 2 aliphatic rings. The predicted octanol–water partition coefficient (Wildman–Crippen LogP) is 3.87. The monoisotopic (exact) mass is 340 g/mol. The minimum atomic E-state index is -1.08. The Labute approximate surface area is 139 Å². The topological polar surface area (TPSA) is 43.4 Å². The largest absolute Gasteiger partial charge is 0.454 e. The summed E-state index contributed by atoms with van der Waals surface area (Å²) in [6.45, 7) is 3.24. The number of fused-ring (bicyclic) bond motifs is 1. The number of benzene rings is 1. The van der Waals surface area contributed by atoms with Crippen LogP contribution in [0.25, 0.3) is 0 Å². The van der Waals surface area contributed by atoms with Crippen LogP contribution in [0, 0.1) is 5.41 Å². The summed E-state index contributed by atoms with van der Waals surface area (Å²) in [5.74, 6) is -0.707. The van der Waals surface area contributed by atoms with E-state index in [-0.39, 0.29) is 5.78 Å². The molecule has 0 aliphatic heterocycles. The first-order chi connectivity index (χ1) is 10.2. The summed E-state index contributed by atoms with van der Waals surface area (Å²) in [4.78, 5) is 24.6. The molecule has 1 aromatic carbocycles. The second-order valence-electron chi connectivity index (χ2n) is 6.46. The van der Waals surface area contributed by atoms with Crippen molar-refractivity contribution in [3.05, 3.63) is 34.9 Å². The van der Waals surface area contributed by atoms with Crippen molar-refractivity contribution < 1.29 is 14.3 Å². The van der Waals surface area contributed by atoms with Crippen LogP contribution in [-0.4, -0.2) is 22.2 Å². The number of carbonyl (C=O) groups excluding carboxylic acids is 2. The maximum atomic E-state index is 12.4. The van der Waals surface area contributed by atoms with E-state index < -0.39 is 21.8 Å². The van der Waals surface area contributed by atoms with Gasteiger partial charge in [0, 0.05) is 12.0 Å². The van der Waals surface area contributed by atoms with Gasteiger partial charge in [0.1, 0.15) is 9.75 Å². The summed E-state index contributed by atoms with van der Waals surface area (Å²) in [5.41, 5.74) is 2.20. The van der Waals surface area contributed by atoms with E-state index >= 15 is 0 Å². The lowest BCUT2D eigenvalue weighted by Crippen LogP contribution is -2.30. The van der Waals surface area contributed by atoms with Gasteiger partial charge in [-0.15, -0.1) is 23.2 Å². The number of alkyl halides is 2. The third kappa shape index (κ3) is 2.55. The standard InChI is InChI=1S/C17H18Cl2O3/c1-10(22-15(21)16(2)9-17(16,18)19)14(20)13-7-6-11-4-3-5-12(11)8-13/h6-8,10H,3-5,9H2,1-2H3. The first-order valence-electron chi connectivity index (χ1n) is 7.49. The van der Waals surface area contributed by atoms with Gasteiger partial charge in [0.15, 0.2) is 6.10 Å². The average molecular weight is 341 g/mol. The van der Waals surface area contributed by atoms with Gasteiger partial charge >= 0.3 is 5.97 Å². The molecule has 2 atom stereocenters. The van der Waals surface area contributed by atoms with Crippen molar-refractivity contribution in [3.63, 3.8) is 0 Å². The normalized spacial score (nSPS) is 26.2. The SMILES string of the molecule is CC(OC(=O)C1(C)CC1(Cl)Cl)C(=O)c1ccc2c(c1)CCC2. The Balaban J connectivity index is 1.69. The summed E-state index contributed by atoms with van der Waals surface area (Å²) in [6, 6.07) is 5.72. The van der Waals surface area contributed by atoms with Crippen molar-refractivity contribution >= 4 is 35.0 Å². The molecule has 0 N–H and O–H groups in total. The van der Waals surface area contributed by atoms with Gasteiger partial charge in [0.05, 0.1) is 0 Å². The Morgan fingerprint density at radius 1 is 1.23 bits per heavy atom. The van der Waals surface area contributed by atoms with Crippen molar-refractivity contribution in [2.75, 3.05) is 0 Å². The van der Waals surface area contributed by atoms with Gasteiger partial charge in [0.2, 0.25) is 5.78 Å². The molecular formula is C17H18Cl2O3. The third-order valence-electron chi connectivity index (χ3n) is 4.74. The van der Waals surface area contributed by atoms with Gasteiger partial charge in [-0.3, -0.25) is 9.59 Å². The van der Waals surface area contributed by atoms with Gasteiger partial charge in [0.25, 0.3) is 0 Å². The van der Waals surface area contributed by atoms with Crippen molar-refractivity contribution in [2.24, 2.45) is 5.41 Å². The number of ether oxygens (including phenoxy) is 1. The lowest BCUT2D eigenvalue weighted by molar-refractivity contribution is -0.152. The maximum absolute atomic E-state index is 12.4. The molecular weight excluding hydrogens is 323 g/mol. The van der Waals surface area contributed by atoms with Crippen LogP contribution in [0.15, 0.2) is 18.2 Å². The molecule has 1 aromatic rings. The Kier molecular flexibility index (Phi) is 3.77. The average Bonchev–Trinajstić information content (AvgIpc) is 2.83. The molecule has 1 fully saturated rings. The van der Waals surface area contributed by atoms with Crippen LogP contribution in [-0.2, 0) is 22.4 Å². The first-order valence-corrected chi connectivity index (χ1v) is 8.25. The molecule has 0 spiro atoms. The summed E-state index contributed by atoms with van der Waals surface area (Å²) in [5, 5.41) is 0. The molecule has 0 aromatic heterocycles. The van der Waals surface area contributed by atoms with E-state index in [1.165, 1.54) is 11.1 Å². The van der Waals surface area contributed by atoms with Gasteiger partial charge < -0.3 is 4.74 Å². The molecule has 5 heteroatoms. The van der Waals surface area contributed by atoms with Crippen LogP contribution < -0.4 is 0 Å². The first kappa shape index (κ1) is 15.8. The molecule has 0 heterocycles. The van der Waals surface area contributed by atoms with Crippen molar-refractivity contribution in [1.82, 2.24) is 0 Å². The van der Waals surface area contributed by atoms with Crippen LogP contribution >= 0.6 is 23.2 Å². The van der Waals surface area contributed by atoms with Crippen LogP contribution in [0.5, 0.6) is 0 Å². The minimum absolute atomic E-state index is 0.193. The summed E-state index contributed by atoms with van der Waals surface area (Å²) < 4.78 is 4.21. The summed E-state index contributed by atoms with van der Waals surface area (Å²) in [7, 11) is 0. The zero-order valence-corrected chi connectivity index (χ0v) is 14.1. The highest BCUT2D eigenvalue weighted by Crippen LogP contribution is 2.64.